The van der Waals surface area contributed by atoms with Crippen LogP contribution in [0, 0.1) is 12.8 Å². The number of carbonyl (C=O) groups excluding carboxylic acids is 4. The molecule has 3 aromatic rings. The average Bonchev–Trinajstić information content (AvgIpc) is 4.06. The van der Waals surface area contributed by atoms with E-state index < -0.39 is 68.5 Å². The van der Waals surface area contributed by atoms with E-state index in [1.807, 2.05) is 52.0 Å². The highest BCUT2D eigenvalue weighted by atomic mass is 32.2. The molecule has 4 heterocycles. The number of allylic oxidation sites excluding steroid dienone is 1. The summed E-state index contributed by atoms with van der Waals surface area (Å²) in [5.74, 6) is -1.46. The summed E-state index contributed by atoms with van der Waals surface area (Å²) in [4.78, 5) is 62.8. The number of nitrogens with one attached hydrogen (secondary N) is 3. The molecule has 1 aromatic carbocycles. The van der Waals surface area contributed by atoms with Crippen molar-refractivity contribution in [2.45, 2.75) is 127 Å². The Hall–Kier alpha value is -5.19. The van der Waals surface area contributed by atoms with Crippen LogP contribution in [0.15, 0.2) is 42.6 Å². The van der Waals surface area contributed by atoms with Crippen molar-refractivity contribution in [2.75, 3.05) is 13.7 Å². The fourth-order valence-corrected chi connectivity index (χ4v) is 9.26. The van der Waals surface area contributed by atoms with Crippen LogP contribution >= 0.6 is 0 Å². The molecular weight excluding hydrogens is 767 g/mol. The second kappa shape index (κ2) is 16.6. The number of ether oxygens (including phenoxy) is 3. The predicted octanol–water partition coefficient (Wildman–Crippen LogP) is 3.71. The van der Waals surface area contributed by atoms with Crippen LogP contribution in [0.3, 0.4) is 0 Å². The van der Waals surface area contributed by atoms with Gasteiger partial charge in [-0.25, -0.2) is 13.4 Å². The summed E-state index contributed by atoms with van der Waals surface area (Å²) in [7, 11) is -2.33. The van der Waals surface area contributed by atoms with Crippen molar-refractivity contribution in [2.24, 2.45) is 5.92 Å². The maximum atomic E-state index is 14.7. The number of fused-ring (bicyclic) bond motifs is 3. The Morgan fingerprint density at radius 2 is 1.88 bits per heavy atom. The number of carbonyl (C=O) groups is 4. The van der Waals surface area contributed by atoms with E-state index in [-0.39, 0.29) is 31.2 Å². The number of pyridine rings is 1. The lowest BCUT2D eigenvalue weighted by atomic mass is 10.0. The topological polar surface area (TPSA) is 200 Å². The van der Waals surface area contributed by atoms with Gasteiger partial charge >= 0.3 is 0 Å². The monoisotopic (exact) mass is 819 g/mol. The van der Waals surface area contributed by atoms with E-state index in [2.05, 4.69) is 20.5 Å². The first-order valence-corrected chi connectivity index (χ1v) is 21.8. The van der Waals surface area contributed by atoms with Crippen molar-refractivity contribution < 1.29 is 41.8 Å². The molecule has 16 nitrogen and oxygen atoms in total. The van der Waals surface area contributed by atoms with Gasteiger partial charge in [0.25, 0.3) is 11.8 Å². The molecule has 7 rings (SSSR count). The minimum absolute atomic E-state index is 0.0222. The van der Waals surface area contributed by atoms with E-state index in [1.165, 1.54) is 4.90 Å². The van der Waals surface area contributed by atoms with Gasteiger partial charge in [0.15, 0.2) is 0 Å². The summed E-state index contributed by atoms with van der Waals surface area (Å²) < 4.78 is 47.9. The highest BCUT2D eigenvalue weighted by Crippen LogP contribution is 2.46. The van der Waals surface area contributed by atoms with Crippen molar-refractivity contribution >= 4 is 44.6 Å². The van der Waals surface area contributed by atoms with Crippen LogP contribution < -0.4 is 29.6 Å². The van der Waals surface area contributed by atoms with Crippen molar-refractivity contribution in [1.29, 1.82) is 0 Å². The van der Waals surface area contributed by atoms with Crippen LogP contribution in [0.2, 0.25) is 0 Å². The van der Waals surface area contributed by atoms with Crippen LogP contribution in [-0.4, -0.2) is 100 Å². The van der Waals surface area contributed by atoms with Crippen LogP contribution in [0.1, 0.15) is 94.6 Å². The van der Waals surface area contributed by atoms with Gasteiger partial charge in [0.05, 0.1) is 30.5 Å². The highest BCUT2D eigenvalue weighted by Gasteiger charge is 2.62. The molecule has 2 aliphatic carbocycles. The Kier molecular flexibility index (Phi) is 11.7. The average molecular weight is 820 g/mol. The third kappa shape index (κ3) is 8.64. The van der Waals surface area contributed by atoms with Crippen LogP contribution in [0.25, 0.3) is 10.9 Å². The first-order chi connectivity index (χ1) is 27.7. The molecule has 3 N–H and O–H groups in total. The van der Waals surface area contributed by atoms with Gasteiger partial charge in [0.1, 0.15) is 40.9 Å². The molecule has 2 saturated carbocycles. The number of aromatic nitrogens is 3. The van der Waals surface area contributed by atoms with Gasteiger partial charge in [-0.2, -0.15) is 5.10 Å². The first-order valence-electron chi connectivity index (χ1n) is 20.2. The summed E-state index contributed by atoms with van der Waals surface area (Å²) in [5, 5.41) is 10.2. The van der Waals surface area contributed by atoms with Crippen molar-refractivity contribution in [3.8, 4) is 17.4 Å². The summed E-state index contributed by atoms with van der Waals surface area (Å²) in [6.07, 6.45) is 8.96. The van der Waals surface area contributed by atoms with E-state index in [0.29, 0.717) is 66.9 Å². The molecule has 58 heavy (non-hydrogen) atoms. The molecule has 0 radical (unpaired) electrons. The molecule has 312 valence electrons. The van der Waals surface area contributed by atoms with Gasteiger partial charge in [0, 0.05) is 42.1 Å². The van der Waals surface area contributed by atoms with Crippen molar-refractivity contribution in [3.05, 3.63) is 53.9 Å². The second-order valence-corrected chi connectivity index (χ2v) is 18.0. The Labute approximate surface area is 338 Å². The van der Waals surface area contributed by atoms with E-state index in [0.717, 1.165) is 18.4 Å². The standard InChI is InChI=1S/C41H53N7O9S/c1-6-47-19-18-30(45-47)37(49)42-31-13-11-9-7-8-10-12-26-22-41(26,40(52)46-58(53,54)28-14-15-28)44-38(50)32-20-27(23-48(32)39(31)51)57-34-21-35(56-24(2)3)43-36-25(4)33(55-5)17-16-29(34)36/h10,12,16-19,21,24,26-28,31-32H,6-9,11,13-15,20,22-23H2,1-5H3,(H,42,49)(H,44,50)(H,46,52)/t26-,27-,31+,32+,41-/m1/s1. The number of hydrogen-bond acceptors (Lipinski definition) is 11. The van der Waals surface area contributed by atoms with Gasteiger partial charge in [-0.15, -0.1) is 0 Å². The summed E-state index contributed by atoms with van der Waals surface area (Å²) >= 11 is 0. The van der Waals surface area contributed by atoms with E-state index >= 15 is 0 Å². The number of nitrogens with zero attached hydrogens (tertiary/aromatic N) is 4. The molecule has 2 aromatic heterocycles. The number of methoxy groups -OCH3 is 1. The van der Waals surface area contributed by atoms with Gasteiger partial charge in [0.2, 0.25) is 27.7 Å². The number of aryl methyl sites for hydroxylation is 2. The molecule has 4 aliphatic rings. The van der Waals surface area contributed by atoms with Crippen molar-refractivity contribution in [1.82, 2.24) is 35.0 Å². The number of amides is 4. The minimum Gasteiger partial charge on any atom is -0.496 e. The number of sulfonamides is 1. The third-order valence-corrected chi connectivity index (χ3v) is 13.2. The zero-order valence-electron chi connectivity index (χ0n) is 33.7. The lowest BCUT2D eigenvalue weighted by Gasteiger charge is -2.29. The van der Waals surface area contributed by atoms with Crippen LogP contribution in [-0.2, 0) is 31.0 Å². The highest BCUT2D eigenvalue weighted by molar-refractivity contribution is 7.91. The lowest BCUT2D eigenvalue weighted by molar-refractivity contribution is -0.141. The fraction of sp³-hybridized carbons (Fsp3) is 0.561. The molecule has 3 fully saturated rings. The molecule has 0 bridgehead atoms. The van der Waals surface area contributed by atoms with E-state index in [4.69, 9.17) is 19.2 Å². The number of rotatable bonds is 11. The molecule has 17 heteroatoms. The number of hydrogen-bond donors (Lipinski definition) is 3. The van der Waals surface area contributed by atoms with Crippen LogP contribution in [0.4, 0.5) is 0 Å². The van der Waals surface area contributed by atoms with E-state index in [1.54, 1.807) is 30.1 Å². The fourth-order valence-electron chi connectivity index (χ4n) is 7.90. The minimum atomic E-state index is -3.91. The Morgan fingerprint density at radius 3 is 2.59 bits per heavy atom. The largest absolute Gasteiger partial charge is 0.496 e. The molecule has 1 saturated heterocycles. The molecule has 4 amide bonds. The first kappa shape index (κ1) is 41.0. The predicted molar refractivity (Wildman–Crippen MR) is 214 cm³/mol. The zero-order chi connectivity index (χ0) is 41.4. The lowest BCUT2D eigenvalue weighted by Crippen LogP contribution is -2.58. The Morgan fingerprint density at radius 1 is 1.09 bits per heavy atom. The number of benzene rings is 1. The SMILES string of the molecule is CCn1ccc(C(=O)N[C@H]2CCCCCC=C[C@@H]3C[C@@]3(C(=O)NS(=O)(=O)C3CC3)NC(=O)[C@@H]3C[C@@H](Oc4cc(OC(C)C)nc5c(C)c(OC)ccc45)CN3C2=O)n1. The van der Waals surface area contributed by atoms with Crippen molar-refractivity contribution in [3.63, 3.8) is 0 Å². The Balaban J connectivity index is 1.23. The van der Waals surface area contributed by atoms with Gasteiger partial charge in [-0.1, -0.05) is 25.0 Å². The maximum Gasteiger partial charge on any atom is 0.272 e. The normalized spacial score (nSPS) is 25.2. The maximum absolute atomic E-state index is 14.7. The third-order valence-electron chi connectivity index (χ3n) is 11.3. The van der Waals surface area contributed by atoms with Gasteiger partial charge in [-0.05, 0) is 84.4 Å². The summed E-state index contributed by atoms with van der Waals surface area (Å²) in [6.45, 7) is 8.10. The summed E-state index contributed by atoms with van der Waals surface area (Å²) in [6, 6.07) is 4.80. The second-order valence-electron chi connectivity index (χ2n) is 16.0. The molecule has 0 unspecified atom stereocenters. The van der Waals surface area contributed by atoms with Crippen LogP contribution in [0.5, 0.6) is 17.4 Å². The smallest absolute Gasteiger partial charge is 0.272 e. The molecular formula is C41H53N7O9S. The van der Waals surface area contributed by atoms with Gasteiger partial charge < -0.3 is 29.7 Å². The summed E-state index contributed by atoms with van der Waals surface area (Å²) in [5.41, 5.74) is 0.0212. The zero-order valence-corrected chi connectivity index (χ0v) is 34.5. The molecule has 5 atom stereocenters. The quantitative estimate of drug-likeness (QED) is 0.238. The Bertz CT molecular complexity index is 2220. The van der Waals surface area contributed by atoms with E-state index in [9.17, 15) is 27.6 Å². The molecule has 2 aliphatic heterocycles. The molecule has 0 spiro atoms. The van der Waals surface area contributed by atoms with Gasteiger partial charge in [-0.3, -0.25) is 28.6 Å².